The number of benzene rings is 1. The second kappa shape index (κ2) is 6.76. The van der Waals surface area contributed by atoms with Crippen molar-refractivity contribution in [1.29, 1.82) is 0 Å². The van der Waals surface area contributed by atoms with Crippen LogP contribution in [0.4, 0.5) is 5.69 Å². The van der Waals surface area contributed by atoms with Crippen LogP contribution in [0.3, 0.4) is 0 Å². The third-order valence-electron chi connectivity index (χ3n) is 3.03. The van der Waals surface area contributed by atoms with Crippen LogP contribution in [0.25, 0.3) is 0 Å². The Balaban J connectivity index is 3.32. The predicted octanol–water partition coefficient (Wildman–Crippen LogP) is 3.12. The molecule has 0 aliphatic rings. The first-order chi connectivity index (χ1) is 8.56. The molecule has 1 rings (SSSR count). The van der Waals surface area contributed by atoms with E-state index in [2.05, 4.69) is 6.92 Å². The lowest BCUT2D eigenvalue weighted by Crippen LogP contribution is -2.41. The van der Waals surface area contributed by atoms with Gasteiger partial charge in [-0.2, -0.15) is 0 Å². The number of hydrogen-bond acceptors (Lipinski definition) is 2. The van der Waals surface area contributed by atoms with Gasteiger partial charge in [0.05, 0.1) is 5.69 Å². The SMILES string of the molecule is CCc1cccc(C)c1N(C(=O)CCl)C(C)OC. The molecule has 0 aliphatic carbocycles. The first-order valence-corrected chi connectivity index (χ1v) is 6.59. The lowest BCUT2D eigenvalue weighted by atomic mass is 10.0. The fourth-order valence-electron chi connectivity index (χ4n) is 2.03. The molecule has 0 fully saturated rings. The summed E-state index contributed by atoms with van der Waals surface area (Å²) in [6.07, 6.45) is 0.530. The van der Waals surface area contributed by atoms with Crippen molar-refractivity contribution in [2.24, 2.45) is 0 Å². The topological polar surface area (TPSA) is 29.5 Å². The van der Waals surface area contributed by atoms with E-state index in [0.717, 1.165) is 23.2 Å². The summed E-state index contributed by atoms with van der Waals surface area (Å²) in [5.74, 6) is -0.194. The van der Waals surface area contributed by atoms with Crippen LogP contribution in [0.5, 0.6) is 0 Å². The zero-order valence-electron chi connectivity index (χ0n) is 11.4. The van der Waals surface area contributed by atoms with Crippen molar-refractivity contribution >= 4 is 23.2 Å². The monoisotopic (exact) mass is 269 g/mol. The molecule has 0 spiro atoms. The summed E-state index contributed by atoms with van der Waals surface area (Å²) in [5.41, 5.74) is 3.09. The molecule has 0 saturated heterocycles. The van der Waals surface area contributed by atoms with Gasteiger partial charge in [-0.1, -0.05) is 25.1 Å². The largest absolute Gasteiger partial charge is 0.361 e. The van der Waals surface area contributed by atoms with Crippen molar-refractivity contribution in [1.82, 2.24) is 0 Å². The molecule has 18 heavy (non-hydrogen) atoms. The van der Waals surface area contributed by atoms with Gasteiger partial charge in [-0.3, -0.25) is 9.69 Å². The molecular formula is C14H20ClNO2. The van der Waals surface area contributed by atoms with E-state index in [-0.39, 0.29) is 18.0 Å². The highest BCUT2D eigenvalue weighted by Gasteiger charge is 2.24. The average molecular weight is 270 g/mol. The van der Waals surface area contributed by atoms with E-state index < -0.39 is 0 Å². The van der Waals surface area contributed by atoms with E-state index >= 15 is 0 Å². The van der Waals surface area contributed by atoms with E-state index in [1.807, 2.05) is 32.0 Å². The van der Waals surface area contributed by atoms with Gasteiger partial charge in [0.2, 0.25) is 5.91 Å². The maximum Gasteiger partial charge on any atom is 0.244 e. The van der Waals surface area contributed by atoms with E-state index in [9.17, 15) is 4.79 Å². The highest BCUT2D eigenvalue weighted by molar-refractivity contribution is 6.29. The third kappa shape index (κ3) is 3.03. The van der Waals surface area contributed by atoms with E-state index in [0.29, 0.717) is 0 Å². The van der Waals surface area contributed by atoms with Gasteiger partial charge in [-0.25, -0.2) is 0 Å². The quantitative estimate of drug-likeness (QED) is 0.607. The molecule has 1 aromatic rings. The lowest BCUT2D eigenvalue weighted by molar-refractivity contribution is -0.118. The van der Waals surface area contributed by atoms with Gasteiger partial charge in [0, 0.05) is 7.11 Å². The number of halogens is 1. The Kier molecular flexibility index (Phi) is 5.63. The number of amides is 1. The summed E-state index contributed by atoms with van der Waals surface area (Å²) in [5, 5.41) is 0. The molecule has 3 nitrogen and oxygen atoms in total. The van der Waals surface area contributed by atoms with Crippen molar-refractivity contribution in [2.45, 2.75) is 33.4 Å². The Morgan fingerprint density at radius 1 is 1.50 bits per heavy atom. The number of nitrogens with zero attached hydrogens (tertiary/aromatic N) is 1. The number of rotatable bonds is 5. The minimum Gasteiger partial charge on any atom is -0.361 e. The smallest absolute Gasteiger partial charge is 0.244 e. The summed E-state index contributed by atoms with van der Waals surface area (Å²) in [7, 11) is 1.59. The van der Waals surface area contributed by atoms with E-state index in [1.54, 1.807) is 12.0 Å². The van der Waals surface area contributed by atoms with Crippen LogP contribution in [0.1, 0.15) is 25.0 Å². The zero-order valence-corrected chi connectivity index (χ0v) is 12.1. The summed E-state index contributed by atoms with van der Waals surface area (Å²) in [4.78, 5) is 13.7. The highest BCUT2D eigenvalue weighted by atomic mass is 35.5. The van der Waals surface area contributed by atoms with Crippen LogP contribution >= 0.6 is 11.6 Å². The molecule has 0 aromatic heterocycles. The molecule has 1 unspecified atom stereocenters. The number of ether oxygens (including phenoxy) is 1. The van der Waals surface area contributed by atoms with Crippen molar-refractivity contribution in [2.75, 3.05) is 17.9 Å². The van der Waals surface area contributed by atoms with Crippen LogP contribution in [0.15, 0.2) is 18.2 Å². The number of hydrogen-bond donors (Lipinski definition) is 0. The first-order valence-electron chi connectivity index (χ1n) is 6.06. The minimum absolute atomic E-state index is 0.0504. The fraction of sp³-hybridized carbons (Fsp3) is 0.500. The molecule has 4 heteroatoms. The van der Waals surface area contributed by atoms with Gasteiger partial charge in [0.25, 0.3) is 0 Å². The summed E-state index contributed by atoms with van der Waals surface area (Å²) in [6, 6.07) is 6.02. The number of para-hydroxylation sites is 1. The van der Waals surface area contributed by atoms with Crippen molar-refractivity contribution < 1.29 is 9.53 Å². The first kappa shape index (κ1) is 15.0. The number of carbonyl (C=O) groups is 1. The normalized spacial score (nSPS) is 12.3. The number of aryl methyl sites for hydroxylation is 2. The number of alkyl halides is 1. The Labute approximate surface area is 114 Å². The van der Waals surface area contributed by atoms with Crippen LogP contribution < -0.4 is 4.90 Å². The Morgan fingerprint density at radius 2 is 2.17 bits per heavy atom. The van der Waals surface area contributed by atoms with Crippen molar-refractivity contribution in [3.05, 3.63) is 29.3 Å². The molecule has 0 radical (unpaired) electrons. The van der Waals surface area contributed by atoms with Gasteiger partial charge in [0.15, 0.2) is 0 Å². The molecule has 1 amide bonds. The Bertz CT molecular complexity index is 420. The lowest BCUT2D eigenvalue weighted by Gasteiger charge is -2.30. The Morgan fingerprint density at radius 3 is 2.67 bits per heavy atom. The molecular weight excluding hydrogens is 250 g/mol. The fourth-order valence-corrected chi connectivity index (χ4v) is 2.16. The van der Waals surface area contributed by atoms with Crippen LogP contribution in [0.2, 0.25) is 0 Å². The molecule has 1 aromatic carbocycles. The van der Waals surface area contributed by atoms with Gasteiger partial charge in [-0.05, 0) is 31.4 Å². The summed E-state index contributed by atoms with van der Waals surface area (Å²) < 4.78 is 5.29. The van der Waals surface area contributed by atoms with Gasteiger partial charge < -0.3 is 4.74 Å². The zero-order chi connectivity index (χ0) is 13.7. The Hall–Kier alpha value is -1.06. The van der Waals surface area contributed by atoms with Crippen LogP contribution in [-0.4, -0.2) is 25.1 Å². The standard InChI is InChI=1S/C14H20ClNO2/c1-5-12-8-6-7-10(2)14(12)16(11(3)18-4)13(17)9-15/h6-8,11H,5,9H2,1-4H3. The maximum absolute atomic E-state index is 12.0. The third-order valence-corrected chi connectivity index (χ3v) is 3.26. The van der Waals surface area contributed by atoms with Gasteiger partial charge >= 0.3 is 0 Å². The van der Waals surface area contributed by atoms with Crippen molar-refractivity contribution in [3.63, 3.8) is 0 Å². The van der Waals surface area contributed by atoms with Gasteiger partial charge in [-0.15, -0.1) is 11.6 Å². The maximum atomic E-state index is 12.0. The second-order valence-electron chi connectivity index (χ2n) is 4.17. The van der Waals surface area contributed by atoms with Gasteiger partial charge in [0.1, 0.15) is 12.1 Å². The molecule has 0 heterocycles. The second-order valence-corrected chi connectivity index (χ2v) is 4.44. The summed E-state index contributed by atoms with van der Waals surface area (Å²) in [6.45, 7) is 5.90. The van der Waals surface area contributed by atoms with Crippen LogP contribution in [0, 0.1) is 6.92 Å². The number of methoxy groups -OCH3 is 1. The highest BCUT2D eigenvalue weighted by Crippen LogP contribution is 2.28. The minimum atomic E-state index is -0.331. The van der Waals surface area contributed by atoms with E-state index in [1.165, 1.54) is 0 Å². The number of carbonyl (C=O) groups excluding carboxylic acids is 1. The molecule has 0 bridgehead atoms. The molecule has 100 valence electrons. The van der Waals surface area contributed by atoms with E-state index in [4.69, 9.17) is 16.3 Å². The molecule has 0 aliphatic heterocycles. The molecule has 0 saturated carbocycles. The summed E-state index contributed by atoms with van der Waals surface area (Å²) >= 11 is 5.70. The van der Waals surface area contributed by atoms with Crippen molar-refractivity contribution in [3.8, 4) is 0 Å². The molecule has 0 N–H and O–H groups in total. The number of anilines is 1. The average Bonchev–Trinajstić information content (AvgIpc) is 2.39. The predicted molar refractivity (Wildman–Crippen MR) is 75.2 cm³/mol. The molecule has 1 atom stereocenters. The van der Waals surface area contributed by atoms with Crippen LogP contribution in [-0.2, 0) is 16.0 Å².